The Balaban J connectivity index is 1.52. The van der Waals surface area contributed by atoms with E-state index in [1.165, 1.54) is 12.1 Å². The molecule has 1 aliphatic heterocycles. The minimum atomic E-state index is -3.54. The van der Waals surface area contributed by atoms with Gasteiger partial charge in [0.25, 0.3) is 5.91 Å². The molecule has 10 heteroatoms. The molecule has 1 N–H and O–H groups in total. The standard InChI is InChI=1S/C28H35Cl2N3O4S/c1-18(2)32(3)23-9-10-26(20(15-23)17-38(36,37)24-7-5-4-6-8-24)33-12-11-25(28(33)35)31-27(34)19-13-21(29)16-22(30)14-19/h4-8,13-14,16,18,20,23,25-26H,9-12,15,17H2,1-3H3,(H,31,34)/t20-,23-,25+,26+/m1/s1. The summed E-state index contributed by atoms with van der Waals surface area (Å²) >= 11 is 12.1. The Morgan fingerprint density at radius 3 is 2.37 bits per heavy atom. The van der Waals surface area contributed by atoms with E-state index in [0.29, 0.717) is 46.8 Å². The third-order valence-electron chi connectivity index (χ3n) is 7.91. The van der Waals surface area contributed by atoms with Crippen LogP contribution in [0, 0.1) is 5.92 Å². The number of benzene rings is 2. The summed E-state index contributed by atoms with van der Waals surface area (Å²) < 4.78 is 26.8. The molecule has 7 nitrogen and oxygen atoms in total. The van der Waals surface area contributed by atoms with Crippen molar-refractivity contribution in [3.05, 3.63) is 64.1 Å². The highest BCUT2D eigenvalue weighted by atomic mass is 35.5. The van der Waals surface area contributed by atoms with Gasteiger partial charge in [-0.25, -0.2) is 8.42 Å². The predicted molar refractivity (Wildman–Crippen MR) is 150 cm³/mol. The van der Waals surface area contributed by atoms with Gasteiger partial charge in [-0.05, 0) is 82.8 Å². The summed E-state index contributed by atoms with van der Waals surface area (Å²) in [6.07, 6.45) is 2.74. The number of nitrogens with zero attached hydrogens (tertiary/aromatic N) is 2. The Morgan fingerprint density at radius 2 is 1.74 bits per heavy atom. The minimum Gasteiger partial charge on any atom is -0.340 e. The molecule has 38 heavy (non-hydrogen) atoms. The van der Waals surface area contributed by atoms with E-state index in [0.717, 1.165) is 6.42 Å². The zero-order valence-electron chi connectivity index (χ0n) is 21.9. The molecule has 0 bridgehead atoms. The number of hydrogen-bond donors (Lipinski definition) is 1. The second-order valence-corrected chi connectivity index (χ2v) is 13.6. The first kappa shape index (κ1) is 28.9. The van der Waals surface area contributed by atoms with Gasteiger partial charge in [-0.3, -0.25) is 9.59 Å². The van der Waals surface area contributed by atoms with E-state index in [-0.39, 0.29) is 35.2 Å². The van der Waals surface area contributed by atoms with Crippen molar-refractivity contribution in [3.63, 3.8) is 0 Å². The second-order valence-electron chi connectivity index (χ2n) is 10.7. The van der Waals surface area contributed by atoms with Crippen LogP contribution in [-0.4, -0.2) is 73.5 Å². The van der Waals surface area contributed by atoms with E-state index in [2.05, 4.69) is 31.1 Å². The Morgan fingerprint density at radius 1 is 1.08 bits per heavy atom. The van der Waals surface area contributed by atoms with Crippen LogP contribution in [0.3, 0.4) is 0 Å². The van der Waals surface area contributed by atoms with Crippen LogP contribution in [0.1, 0.15) is 49.9 Å². The van der Waals surface area contributed by atoms with E-state index in [1.807, 2.05) is 0 Å². The van der Waals surface area contributed by atoms with Crippen LogP contribution in [0.2, 0.25) is 10.0 Å². The predicted octanol–water partition coefficient (Wildman–Crippen LogP) is 4.68. The molecular formula is C28H35Cl2N3O4S. The van der Waals surface area contributed by atoms with Gasteiger partial charge >= 0.3 is 0 Å². The quantitative estimate of drug-likeness (QED) is 0.491. The fraction of sp³-hybridized carbons (Fsp3) is 0.500. The minimum absolute atomic E-state index is 0.0219. The summed E-state index contributed by atoms with van der Waals surface area (Å²) in [4.78, 5) is 30.7. The maximum absolute atomic E-state index is 13.5. The van der Waals surface area contributed by atoms with E-state index >= 15 is 0 Å². The number of nitrogens with one attached hydrogen (secondary N) is 1. The molecule has 1 heterocycles. The van der Waals surface area contributed by atoms with Crippen LogP contribution in [-0.2, 0) is 14.6 Å². The van der Waals surface area contributed by atoms with Gasteiger partial charge in [-0.15, -0.1) is 0 Å². The molecular weight excluding hydrogens is 545 g/mol. The molecule has 4 rings (SSSR count). The van der Waals surface area contributed by atoms with Gasteiger partial charge in [0.2, 0.25) is 5.91 Å². The van der Waals surface area contributed by atoms with Gasteiger partial charge in [0.15, 0.2) is 9.84 Å². The van der Waals surface area contributed by atoms with Gasteiger partial charge in [0.05, 0.1) is 10.6 Å². The Hall–Kier alpha value is -2.13. The molecule has 1 aliphatic carbocycles. The van der Waals surface area contributed by atoms with E-state index < -0.39 is 21.8 Å². The first-order valence-corrected chi connectivity index (χ1v) is 15.4. The van der Waals surface area contributed by atoms with E-state index in [4.69, 9.17) is 23.2 Å². The number of carbonyl (C=O) groups excluding carboxylic acids is 2. The van der Waals surface area contributed by atoms with Crippen LogP contribution in [0.15, 0.2) is 53.4 Å². The van der Waals surface area contributed by atoms with Gasteiger partial charge in [-0.1, -0.05) is 41.4 Å². The SMILES string of the molecule is CC(C)N(C)[C@@H]1CC[C@H](N2CC[C@H](NC(=O)c3cc(Cl)cc(Cl)c3)C2=O)[C@@H](CS(=O)(=O)c2ccccc2)C1. The zero-order valence-corrected chi connectivity index (χ0v) is 24.3. The lowest BCUT2D eigenvalue weighted by atomic mass is 9.81. The fourth-order valence-electron chi connectivity index (χ4n) is 5.70. The fourth-order valence-corrected chi connectivity index (χ4v) is 7.91. The number of amides is 2. The second kappa shape index (κ2) is 11.9. The molecule has 2 amide bonds. The summed E-state index contributed by atoms with van der Waals surface area (Å²) in [5.41, 5.74) is 0.290. The van der Waals surface area contributed by atoms with E-state index in [9.17, 15) is 18.0 Å². The van der Waals surface area contributed by atoms with Crippen molar-refractivity contribution in [2.75, 3.05) is 19.3 Å². The average molecular weight is 581 g/mol. The highest BCUT2D eigenvalue weighted by molar-refractivity contribution is 7.91. The summed E-state index contributed by atoms with van der Waals surface area (Å²) in [6, 6.07) is 12.7. The third-order valence-corrected chi connectivity index (χ3v) is 10.2. The van der Waals surface area contributed by atoms with Crippen LogP contribution in [0.5, 0.6) is 0 Å². The van der Waals surface area contributed by atoms with Gasteiger partial charge in [0.1, 0.15) is 6.04 Å². The van der Waals surface area contributed by atoms with Crippen molar-refractivity contribution in [1.82, 2.24) is 15.1 Å². The molecule has 0 spiro atoms. The van der Waals surface area contributed by atoms with Crippen molar-refractivity contribution in [2.24, 2.45) is 5.92 Å². The van der Waals surface area contributed by atoms with Crippen LogP contribution in [0.4, 0.5) is 0 Å². The van der Waals surface area contributed by atoms with Crippen molar-refractivity contribution in [1.29, 1.82) is 0 Å². The van der Waals surface area contributed by atoms with Gasteiger partial charge in [0, 0.05) is 40.3 Å². The average Bonchev–Trinajstić information content (AvgIpc) is 3.22. The maximum Gasteiger partial charge on any atom is 0.252 e. The molecule has 2 aromatic carbocycles. The molecule has 1 saturated heterocycles. The largest absolute Gasteiger partial charge is 0.340 e. The zero-order chi connectivity index (χ0) is 27.6. The molecule has 0 aromatic heterocycles. The Kier molecular flexibility index (Phi) is 9.07. The summed E-state index contributed by atoms with van der Waals surface area (Å²) in [6.45, 7) is 4.73. The molecule has 4 atom stereocenters. The Bertz CT molecular complexity index is 1250. The summed E-state index contributed by atoms with van der Waals surface area (Å²) in [5, 5.41) is 3.51. The van der Waals surface area contributed by atoms with Crippen molar-refractivity contribution < 1.29 is 18.0 Å². The number of likely N-dealkylation sites (tertiary alicyclic amines) is 1. The monoisotopic (exact) mass is 579 g/mol. The maximum atomic E-state index is 13.5. The number of halogens is 2. The van der Waals surface area contributed by atoms with Crippen molar-refractivity contribution in [3.8, 4) is 0 Å². The summed E-state index contributed by atoms with van der Waals surface area (Å²) in [7, 11) is -1.46. The lowest BCUT2D eigenvalue weighted by Crippen LogP contribution is -2.53. The van der Waals surface area contributed by atoms with Crippen LogP contribution >= 0.6 is 23.2 Å². The molecule has 1 saturated carbocycles. The number of sulfone groups is 1. The smallest absolute Gasteiger partial charge is 0.252 e. The molecule has 0 radical (unpaired) electrons. The van der Waals surface area contributed by atoms with Crippen LogP contribution < -0.4 is 5.32 Å². The van der Waals surface area contributed by atoms with Crippen molar-refractivity contribution >= 4 is 44.9 Å². The highest BCUT2D eigenvalue weighted by Crippen LogP contribution is 2.36. The first-order chi connectivity index (χ1) is 18.0. The molecule has 0 unspecified atom stereocenters. The Labute approximate surface area is 235 Å². The van der Waals surface area contributed by atoms with Gasteiger partial charge in [-0.2, -0.15) is 0 Å². The lowest BCUT2D eigenvalue weighted by Gasteiger charge is -2.44. The van der Waals surface area contributed by atoms with Gasteiger partial charge < -0.3 is 15.1 Å². The third kappa shape index (κ3) is 6.53. The van der Waals surface area contributed by atoms with Crippen LogP contribution in [0.25, 0.3) is 0 Å². The molecule has 2 fully saturated rings. The number of carbonyl (C=O) groups is 2. The number of rotatable bonds is 8. The van der Waals surface area contributed by atoms with Crippen molar-refractivity contribution in [2.45, 2.75) is 68.6 Å². The summed E-state index contributed by atoms with van der Waals surface area (Å²) in [5.74, 6) is -0.828. The van der Waals surface area contributed by atoms with E-state index in [1.54, 1.807) is 41.3 Å². The molecule has 2 aliphatic rings. The molecule has 2 aromatic rings. The molecule has 206 valence electrons. The number of hydrogen-bond acceptors (Lipinski definition) is 5. The normalized spacial score (nSPS) is 24.3. The highest BCUT2D eigenvalue weighted by Gasteiger charge is 2.44. The lowest BCUT2D eigenvalue weighted by molar-refractivity contribution is -0.133. The topological polar surface area (TPSA) is 86.8 Å². The first-order valence-electron chi connectivity index (χ1n) is 13.0.